The van der Waals surface area contributed by atoms with Crippen LogP contribution in [0.4, 0.5) is 0 Å². The average Bonchev–Trinajstić information content (AvgIpc) is 3.01. The number of hydrogen-bond donors (Lipinski definition) is 3. The number of allylic oxidation sites excluding steroid dienone is 2. The number of carboxylic acid groups (broad SMARTS) is 3. The quantitative estimate of drug-likeness (QED) is 0.147. The van der Waals surface area contributed by atoms with Crippen molar-refractivity contribution in [1.29, 1.82) is 0 Å². The second kappa shape index (κ2) is 12.9. The van der Waals surface area contributed by atoms with Crippen molar-refractivity contribution in [2.75, 3.05) is 6.61 Å². The molecule has 0 amide bonds. The van der Waals surface area contributed by atoms with Crippen molar-refractivity contribution in [3.63, 3.8) is 0 Å². The first-order valence-electron chi connectivity index (χ1n) is 19.5. The molecular weight excluding hydrogens is 664 g/mol. The average molecular weight is 729 g/mol. The van der Waals surface area contributed by atoms with Crippen molar-refractivity contribution >= 4 is 29.8 Å². The summed E-state index contributed by atoms with van der Waals surface area (Å²) in [6, 6.07) is 0. The highest BCUT2D eigenvalue weighted by Gasteiger charge is 2.70. The van der Waals surface area contributed by atoms with Crippen LogP contribution in [-0.2, 0) is 33.4 Å². The van der Waals surface area contributed by atoms with Crippen LogP contribution in [0.5, 0.6) is 0 Å². The molecule has 5 aliphatic rings. The summed E-state index contributed by atoms with van der Waals surface area (Å²) in [5, 5.41) is 30.1. The normalized spacial score (nSPS) is 39.7. The van der Waals surface area contributed by atoms with Gasteiger partial charge in [-0.25, -0.2) is 0 Å². The third-order valence-electron chi connectivity index (χ3n) is 16.0. The minimum absolute atomic E-state index is 0.000683. The van der Waals surface area contributed by atoms with Gasteiger partial charge in [0.15, 0.2) is 0 Å². The molecule has 292 valence electrons. The van der Waals surface area contributed by atoms with Crippen molar-refractivity contribution in [1.82, 2.24) is 0 Å². The fraction of sp³-hybridized carbons (Fsp3) is 0.833. The van der Waals surface area contributed by atoms with E-state index in [1.165, 1.54) is 33.3 Å². The van der Waals surface area contributed by atoms with E-state index in [-0.39, 0.29) is 58.9 Å². The Hall–Kier alpha value is -2.91. The fourth-order valence-electron chi connectivity index (χ4n) is 12.2. The first kappa shape index (κ1) is 40.3. The summed E-state index contributed by atoms with van der Waals surface area (Å²) >= 11 is 0. The van der Waals surface area contributed by atoms with Crippen LogP contribution < -0.4 is 0 Å². The van der Waals surface area contributed by atoms with Crippen LogP contribution in [0.15, 0.2) is 11.6 Å². The second-order valence-corrected chi connectivity index (χ2v) is 20.6. The van der Waals surface area contributed by atoms with Gasteiger partial charge in [-0.05, 0) is 131 Å². The number of rotatable bonds is 10. The Labute approximate surface area is 309 Å². The van der Waals surface area contributed by atoms with Gasteiger partial charge in [-0.15, -0.1) is 0 Å². The summed E-state index contributed by atoms with van der Waals surface area (Å²) in [4.78, 5) is 63.3. The second-order valence-electron chi connectivity index (χ2n) is 20.6. The molecular formula is C42H64O10. The Kier molecular flexibility index (Phi) is 9.96. The number of carboxylic acids is 3. The number of aliphatic carboxylic acids is 3. The van der Waals surface area contributed by atoms with Gasteiger partial charge in [0, 0.05) is 5.41 Å². The fourth-order valence-corrected chi connectivity index (χ4v) is 12.2. The molecule has 2 unspecified atom stereocenters. The molecule has 5 aliphatic carbocycles. The SMILES string of the molecule is CC1(C)CC[C@]2(C(=O)O)CC[C@]3(C)C(=CCC4[C@@]5(C)CC[C@H](OC(=O)CC(C)(C)C(=O)O)[C@@](C)(COC(=O)CC(C)(C)C(=O)O)C5CC[C@]43C)[C@@H]2C1. The maximum Gasteiger partial charge on any atom is 0.310 e. The molecule has 10 heteroatoms. The lowest BCUT2D eigenvalue weighted by Crippen LogP contribution is -2.66. The van der Waals surface area contributed by atoms with Crippen LogP contribution in [0.2, 0.25) is 0 Å². The van der Waals surface area contributed by atoms with E-state index in [2.05, 4.69) is 40.7 Å². The van der Waals surface area contributed by atoms with E-state index in [9.17, 15) is 39.3 Å². The number of fused-ring (bicyclic) bond motifs is 7. The third-order valence-corrected chi connectivity index (χ3v) is 16.0. The molecule has 10 nitrogen and oxygen atoms in total. The van der Waals surface area contributed by atoms with Crippen molar-refractivity contribution in [3.8, 4) is 0 Å². The summed E-state index contributed by atoms with van der Waals surface area (Å²) in [6.07, 6.45) is 8.92. The van der Waals surface area contributed by atoms with Gasteiger partial charge < -0.3 is 24.8 Å². The minimum atomic E-state index is -1.31. The van der Waals surface area contributed by atoms with E-state index in [1.807, 2.05) is 6.92 Å². The molecule has 0 bridgehead atoms. The number of ether oxygens (including phenoxy) is 2. The molecule has 0 aromatic heterocycles. The lowest BCUT2D eigenvalue weighted by Gasteiger charge is -2.71. The third kappa shape index (κ3) is 6.29. The summed E-state index contributed by atoms with van der Waals surface area (Å²) < 4.78 is 12.1. The molecule has 0 aromatic rings. The Morgan fingerprint density at radius 1 is 0.750 bits per heavy atom. The van der Waals surface area contributed by atoms with Crippen molar-refractivity contribution in [2.45, 2.75) is 152 Å². The molecule has 0 heterocycles. The Morgan fingerprint density at radius 2 is 1.33 bits per heavy atom. The molecule has 9 atom stereocenters. The van der Waals surface area contributed by atoms with Crippen LogP contribution in [0, 0.1) is 61.1 Å². The molecule has 52 heavy (non-hydrogen) atoms. The molecule has 0 aliphatic heterocycles. The highest BCUT2D eigenvalue weighted by atomic mass is 16.6. The van der Waals surface area contributed by atoms with Crippen molar-refractivity contribution in [2.24, 2.45) is 61.1 Å². The molecule has 0 aromatic carbocycles. The number of hydrogen-bond acceptors (Lipinski definition) is 7. The summed E-state index contributed by atoms with van der Waals surface area (Å²) in [5.74, 6) is -3.87. The van der Waals surface area contributed by atoms with Crippen LogP contribution in [-0.4, -0.2) is 57.9 Å². The largest absolute Gasteiger partial charge is 0.481 e. The van der Waals surface area contributed by atoms with E-state index < -0.39 is 57.6 Å². The molecule has 3 N–H and O–H groups in total. The minimum Gasteiger partial charge on any atom is -0.481 e. The lowest BCUT2D eigenvalue weighted by atomic mass is 9.33. The first-order chi connectivity index (χ1) is 23.7. The maximum atomic E-state index is 13.4. The van der Waals surface area contributed by atoms with Crippen LogP contribution in [0.25, 0.3) is 0 Å². The van der Waals surface area contributed by atoms with Gasteiger partial charge >= 0.3 is 29.8 Å². The zero-order chi connectivity index (χ0) is 39.1. The van der Waals surface area contributed by atoms with E-state index in [0.29, 0.717) is 19.3 Å². The van der Waals surface area contributed by atoms with Crippen LogP contribution in [0.3, 0.4) is 0 Å². The van der Waals surface area contributed by atoms with Crippen molar-refractivity contribution < 1.29 is 48.8 Å². The monoisotopic (exact) mass is 728 g/mol. The lowest BCUT2D eigenvalue weighted by molar-refractivity contribution is -0.228. The first-order valence-corrected chi connectivity index (χ1v) is 19.5. The van der Waals surface area contributed by atoms with Crippen molar-refractivity contribution in [3.05, 3.63) is 11.6 Å². The highest BCUT2D eigenvalue weighted by molar-refractivity contribution is 5.82. The van der Waals surface area contributed by atoms with Gasteiger partial charge in [0.05, 0.1) is 29.1 Å². The molecule has 5 rings (SSSR count). The van der Waals surface area contributed by atoms with Gasteiger partial charge in [-0.2, -0.15) is 0 Å². The van der Waals surface area contributed by atoms with Gasteiger partial charge in [0.1, 0.15) is 12.7 Å². The van der Waals surface area contributed by atoms with Crippen LogP contribution in [0.1, 0.15) is 146 Å². The van der Waals surface area contributed by atoms with Crippen LogP contribution >= 0.6 is 0 Å². The maximum absolute atomic E-state index is 13.4. The van der Waals surface area contributed by atoms with Gasteiger partial charge in [0.2, 0.25) is 0 Å². The standard InChI is InChI=1S/C42H64O10/c1-35(2)17-19-42(34(49)50)20-18-40(9)25(26(42)21-35)11-12-28-38(7)15-14-29(52-31(44)23-37(5,6)33(47)48)39(8,27(38)13-16-41(28,40)10)24-51-30(43)22-36(3,4)32(45)46/h11,26-29H,12-24H2,1-10H3,(H,45,46)(H,47,48)(H,49,50)/t26-,27?,28?,29-,38-,39-,40+,41+,42-/m0/s1. The predicted octanol–water partition coefficient (Wildman–Crippen LogP) is 8.31. The number of carbonyl (C=O) groups excluding carboxylic acids is 2. The van der Waals surface area contributed by atoms with E-state index in [4.69, 9.17) is 9.47 Å². The van der Waals surface area contributed by atoms with E-state index in [0.717, 1.165) is 44.9 Å². The summed E-state index contributed by atoms with van der Waals surface area (Å²) in [5.41, 5.74) is -3.29. The Balaban J connectivity index is 1.50. The molecule has 0 radical (unpaired) electrons. The van der Waals surface area contributed by atoms with Gasteiger partial charge in [-0.1, -0.05) is 53.2 Å². The summed E-state index contributed by atoms with van der Waals surface area (Å²) in [7, 11) is 0. The smallest absolute Gasteiger partial charge is 0.310 e. The van der Waals surface area contributed by atoms with Gasteiger partial charge in [0.25, 0.3) is 0 Å². The zero-order valence-electron chi connectivity index (χ0n) is 33.3. The number of carbonyl (C=O) groups is 5. The summed E-state index contributed by atoms with van der Waals surface area (Å²) in [6.45, 7) is 19.6. The highest BCUT2D eigenvalue weighted by Crippen LogP contribution is 2.76. The van der Waals surface area contributed by atoms with E-state index >= 15 is 0 Å². The topological polar surface area (TPSA) is 164 Å². The molecule has 4 saturated carbocycles. The van der Waals surface area contributed by atoms with E-state index in [1.54, 1.807) is 0 Å². The predicted molar refractivity (Wildman–Crippen MR) is 194 cm³/mol. The zero-order valence-corrected chi connectivity index (χ0v) is 33.3. The number of esters is 2. The Morgan fingerprint density at radius 3 is 1.90 bits per heavy atom. The van der Waals surface area contributed by atoms with Gasteiger partial charge in [-0.3, -0.25) is 24.0 Å². The Bertz CT molecular complexity index is 1540. The molecule has 0 spiro atoms. The molecule has 0 saturated heterocycles. The molecule has 4 fully saturated rings.